The van der Waals surface area contributed by atoms with Crippen LogP contribution in [-0.2, 0) is 24.2 Å². The number of rotatable bonds is 2. The first-order valence-electron chi connectivity index (χ1n) is 3.44. The SMILES string of the molecule is O=C=O.O=S(=O)([O-])OC1C[CH-]CC1.[Na+].[Na+]. The molecule has 0 N–H and O–H groups in total. The summed E-state index contributed by atoms with van der Waals surface area (Å²) in [4.78, 5) is 16.2. The van der Waals surface area contributed by atoms with E-state index >= 15 is 0 Å². The van der Waals surface area contributed by atoms with Crippen LogP contribution in [0.1, 0.15) is 19.3 Å². The van der Waals surface area contributed by atoms with Crippen molar-refractivity contribution in [2.24, 2.45) is 0 Å². The van der Waals surface area contributed by atoms with E-state index in [-0.39, 0.29) is 65.3 Å². The molecule has 1 saturated carbocycles. The molecule has 0 amide bonds. The van der Waals surface area contributed by atoms with Crippen molar-refractivity contribution in [3.05, 3.63) is 6.42 Å². The monoisotopic (exact) mass is 254 g/mol. The van der Waals surface area contributed by atoms with Crippen molar-refractivity contribution >= 4 is 16.6 Å². The molecule has 0 saturated heterocycles. The molecule has 0 radical (unpaired) electrons. The summed E-state index contributed by atoms with van der Waals surface area (Å²) in [5, 5.41) is 0. The molecular weight excluding hydrogens is 246 g/mol. The summed E-state index contributed by atoms with van der Waals surface area (Å²) in [7, 11) is -4.48. The fraction of sp³-hybridized carbons (Fsp3) is 0.667. The van der Waals surface area contributed by atoms with Gasteiger partial charge in [-0.25, -0.2) is 8.42 Å². The van der Waals surface area contributed by atoms with Gasteiger partial charge in [0.1, 0.15) is 0 Å². The first-order valence-corrected chi connectivity index (χ1v) is 4.78. The molecule has 0 aromatic carbocycles. The molecule has 0 aromatic rings. The summed E-state index contributed by atoms with van der Waals surface area (Å²) in [6.45, 7) is 0. The van der Waals surface area contributed by atoms with Gasteiger partial charge in [0.25, 0.3) is 0 Å². The van der Waals surface area contributed by atoms with Crippen LogP contribution in [0.3, 0.4) is 0 Å². The minimum absolute atomic E-state index is 0. The molecule has 0 heterocycles. The molecule has 1 unspecified atom stereocenters. The predicted octanol–water partition coefficient (Wildman–Crippen LogP) is -6.36. The number of hydrogen-bond donors (Lipinski definition) is 0. The first-order chi connectivity index (χ1) is 5.99. The van der Waals surface area contributed by atoms with E-state index in [1.165, 1.54) is 0 Å². The van der Waals surface area contributed by atoms with Crippen LogP contribution < -0.4 is 59.1 Å². The van der Waals surface area contributed by atoms with Crippen LogP contribution in [0, 0.1) is 6.42 Å². The maximum absolute atomic E-state index is 10.00. The van der Waals surface area contributed by atoms with Crippen LogP contribution in [0.4, 0.5) is 0 Å². The zero-order valence-electron chi connectivity index (χ0n) is 8.63. The van der Waals surface area contributed by atoms with E-state index in [1.807, 2.05) is 6.42 Å². The Labute approximate surface area is 133 Å². The van der Waals surface area contributed by atoms with E-state index in [0.717, 1.165) is 6.42 Å². The minimum atomic E-state index is -4.48. The van der Waals surface area contributed by atoms with Gasteiger partial charge in [-0.15, -0.1) is 0 Å². The summed E-state index contributed by atoms with van der Waals surface area (Å²) in [5.74, 6) is 0. The molecule has 0 aliphatic heterocycles. The summed E-state index contributed by atoms with van der Waals surface area (Å²) in [5.41, 5.74) is 0. The van der Waals surface area contributed by atoms with Gasteiger partial charge in [-0.2, -0.15) is 22.4 Å². The molecule has 1 aliphatic carbocycles. The second kappa shape index (κ2) is 11.7. The Morgan fingerprint density at radius 1 is 1.33 bits per heavy atom. The van der Waals surface area contributed by atoms with E-state index < -0.39 is 16.5 Å². The summed E-state index contributed by atoms with van der Waals surface area (Å²) < 4.78 is 34.2. The Kier molecular flexibility index (Phi) is 16.8. The molecule has 15 heavy (non-hydrogen) atoms. The Morgan fingerprint density at radius 3 is 2.07 bits per heavy atom. The van der Waals surface area contributed by atoms with E-state index in [1.54, 1.807) is 0 Å². The van der Waals surface area contributed by atoms with Gasteiger partial charge < -0.3 is 11.0 Å². The Morgan fingerprint density at radius 2 is 1.80 bits per heavy atom. The van der Waals surface area contributed by atoms with E-state index in [0.29, 0.717) is 12.8 Å². The smallest absolute Gasteiger partial charge is 0.726 e. The van der Waals surface area contributed by atoms with Gasteiger partial charge >= 0.3 is 65.3 Å². The van der Waals surface area contributed by atoms with Crippen molar-refractivity contribution in [3.63, 3.8) is 0 Å². The molecular formula is C6H8Na2O6S. The average Bonchev–Trinajstić information content (AvgIpc) is 2.37. The predicted molar refractivity (Wildman–Crippen MR) is 37.7 cm³/mol. The Hall–Kier alpha value is 1.25. The van der Waals surface area contributed by atoms with E-state index in [2.05, 4.69) is 4.18 Å². The molecule has 0 aromatic heterocycles. The van der Waals surface area contributed by atoms with Crippen LogP contribution in [0.5, 0.6) is 0 Å². The van der Waals surface area contributed by atoms with Crippen molar-refractivity contribution in [3.8, 4) is 0 Å². The number of hydrogen-bond acceptors (Lipinski definition) is 6. The third kappa shape index (κ3) is 15.2. The molecule has 76 valence electrons. The maximum Gasteiger partial charge on any atom is 1.00 e. The first kappa shape index (κ1) is 21.5. The van der Waals surface area contributed by atoms with E-state index in [4.69, 9.17) is 9.59 Å². The van der Waals surface area contributed by atoms with Crippen LogP contribution in [0.15, 0.2) is 0 Å². The second-order valence-corrected chi connectivity index (χ2v) is 3.32. The van der Waals surface area contributed by atoms with Crippen molar-refractivity contribution < 1.29 is 85.9 Å². The molecule has 1 rings (SSSR count). The van der Waals surface area contributed by atoms with Gasteiger partial charge in [0.15, 0.2) is 0 Å². The number of carbonyl (C=O) groups excluding carboxylic acids is 2. The molecule has 1 atom stereocenters. The van der Waals surface area contributed by atoms with Crippen LogP contribution in [0.2, 0.25) is 0 Å². The zero-order chi connectivity index (χ0) is 10.3. The largest absolute Gasteiger partial charge is 1.00 e. The van der Waals surface area contributed by atoms with Gasteiger partial charge in [0, 0.05) is 6.10 Å². The summed E-state index contributed by atoms with van der Waals surface area (Å²) in [6.07, 6.45) is 3.81. The third-order valence-electron chi connectivity index (χ3n) is 1.38. The molecule has 1 fully saturated rings. The van der Waals surface area contributed by atoms with Gasteiger partial charge in [-0.3, -0.25) is 4.18 Å². The quantitative estimate of drug-likeness (QED) is 0.210. The molecule has 0 bridgehead atoms. The zero-order valence-corrected chi connectivity index (χ0v) is 13.5. The fourth-order valence-electron chi connectivity index (χ4n) is 0.979. The Balaban J connectivity index is -0.000000260. The van der Waals surface area contributed by atoms with Crippen molar-refractivity contribution in [1.29, 1.82) is 0 Å². The average molecular weight is 254 g/mol. The van der Waals surface area contributed by atoms with Gasteiger partial charge in [0.2, 0.25) is 10.4 Å². The molecule has 1 aliphatic rings. The molecule has 6 nitrogen and oxygen atoms in total. The van der Waals surface area contributed by atoms with Gasteiger partial charge in [0.05, 0.1) is 0 Å². The maximum atomic E-state index is 10.00. The topological polar surface area (TPSA) is 101 Å². The molecule has 9 heteroatoms. The summed E-state index contributed by atoms with van der Waals surface area (Å²) in [6, 6.07) is 0. The summed E-state index contributed by atoms with van der Waals surface area (Å²) >= 11 is 0. The van der Waals surface area contributed by atoms with Crippen LogP contribution in [0.25, 0.3) is 0 Å². The van der Waals surface area contributed by atoms with Crippen LogP contribution >= 0.6 is 0 Å². The minimum Gasteiger partial charge on any atom is -0.726 e. The third-order valence-corrected chi connectivity index (χ3v) is 1.88. The second-order valence-electron chi connectivity index (χ2n) is 2.31. The van der Waals surface area contributed by atoms with Crippen molar-refractivity contribution in [2.75, 3.05) is 0 Å². The van der Waals surface area contributed by atoms with E-state index in [9.17, 15) is 13.0 Å². The van der Waals surface area contributed by atoms with Crippen molar-refractivity contribution in [1.82, 2.24) is 0 Å². The van der Waals surface area contributed by atoms with Gasteiger partial charge in [-0.05, 0) is 0 Å². The Bertz CT molecular complexity index is 265. The standard InChI is InChI=1S/C5H9O4S.CO2.2Na/c6-10(7,8)9-5-3-1-2-4-5;2-1-3;;/h1,5H,2-4H2,(H,6,7,8);;;/q-1;;2*+1/p-1. The molecule has 0 spiro atoms. The van der Waals surface area contributed by atoms with Crippen LogP contribution in [-0.4, -0.2) is 25.2 Å². The van der Waals surface area contributed by atoms with Gasteiger partial charge in [-0.1, -0.05) is 6.42 Å². The van der Waals surface area contributed by atoms with Crippen molar-refractivity contribution in [2.45, 2.75) is 25.4 Å². The normalized spacial score (nSPS) is 18.6. The fourth-order valence-corrected chi connectivity index (χ4v) is 1.49.